The molecular weight excluding hydrogens is 278 g/mol. The van der Waals surface area contributed by atoms with E-state index in [1.807, 2.05) is 6.92 Å². The molecular formula is C15H20ClNO3. The van der Waals surface area contributed by atoms with Gasteiger partial charge in [0.1, 0.15) is 0 Å². The average molecular weight is 298 g/mol. The molecule has 20 heavy (non-hydrogen) atoms. The summed E-state index contributed by atoms with van der Waals surface area (Å²) in [6, 6.07) is 4.76. The second kappa shape index (κ2) is 7.90. The fourth-order valence-electron chi connectivity index (χ4n) is 1.99. The van der Waals surface area contributed by atoms with Gasteiger partial charge in [0.15, 0.2) is 0 Å². The second-order valence-corrected chi connectivity index (χ2v) is 5.24. The van der Waals surface area contributed by atoms with Crippen LogP contribution in [0, 0.1) is 5.92 Å². The SMILES string of the molecule is CCCC(C)CC(=O)Nc1ccc(Cl)c(C(=O)OC)c1. The van der Waals surface area contributed by atoms with Gasteiger partial charge in [-0.05, 0) is 24.1 Å². The van der Waals surface area contributed by atoms with Crippen LogP contribution in [0.2, 0.25) is 5.02 Å². The van der Waals surface area contributed by atoms with Gasteiger partial charge in [0.25, 0.3) is 0 Å². The molecule has 1 rings (SSSR count). The van der Waals surface area contributed by atoms with Crippen molar-refractivity contribution in [3.8, 4) is 0 Å². The Morgan fingerprint density at radius 3 is 2.70 bits per heavy atom. The van der Waals surface area contributed by atoms with Crippen LogP contribution in [0.3, 0.4) is 0 Å². The fourth-order valence-corrected chi connectivity index (χ4v) is 2.19. The van der Waals surface area contributed by atoms with Crippen LogP contribution in [0.15, 0.2) is 18.2 Å². The second-order valence-electron chi connectivity index (χ2n) is 4.83. The molecule has 0 spiro atoms. The number of esters is 1. The third-order valence-corrected chi connectivity index (χ3v) is 3.30. The lowest BCUT2D eigenvalue weighted by molar-refractivity contribution is -0.117. The lowest BCUT2D eigenvalue weighted by Gasteiger charge is -2.11. The maximum absolute atomic E-state index is 11.9. The predicted molar refractivity (Wildman–Crippen MR) is 80.1 cm³/mol. The number of rotatable bonds is 6. The quantitative estimate of drug-likeness (QED) is 0.810. The summed E-state index contributed by atoms with van der Waals surface area (Å²) >= 11 is 5.92. The number of halogens is 1. The topological polar surface area (TPSA) is 55.4 Å². The Labute approximate surface area is 124 Å². The Bertz CT molecular complexity index is 488. The van der Waals surface area contributed by atoms with E-state index in [-0.39, 0.29) is 11.5 Å². The van der Waals surface area contributed by atoms with E-state index in [4.69, 9.17) is 11.6 Å². The molecule has 1 amide bonds. The van der Waals surface area contributed by atoms with Gasteiger partial charge in [0.2, 0.25) is 5.91 Å². The molecule has 0 bridgehead atoms. The minimum absolute atomic E-state index is 0.0657. The smallest absolute Gasteiger partial charge is 0.339 e. The van der Waals surface area contributed by atoms with E-state index >= 15 is 0 Å². The van der Waals surface area contributed by atoms with Crippen molar-refractivity contribution in [1.82, 2.24) is 0 Å². The maximum Gasteiger partial charge on any atom is 0.339 e. The zero-order chi connectivity index (χ0) is 15.1. The molecule has 1 atom stereocenters. The number of ether oxygens (including phenoxy) is 1. The number of hydrogen-bond donors (Lipinski definition) is 1. The first kappa shape index (κ1) is 16.5. The normalized spacial score (nSPS) is 11.8. The van der Waals surface area contributed by atoms with Crippen LogP contribution in [-0.2, 0) is 9.53 Å². The molecule has 0 aliphatic rings. The summed E-state index contributed by atoms with van der Waals surface area (Å²) < 4.78 is 4.64. The van der Waals surface area contributed by atoms with Crippen molar-refractivity contribution in [3.63, 3.8) is 0 Å². The molecule has 0 radical (unpaired) electrons. The minimum atomic E-state index is -0.523. The lowest BCUT2D eigenvalue weighted by atomic mass is 10.0. The maximum atomic E-state index is 11.9. The number of carbonyl (C=O) groups excluding carboxylic acids is 2. The van der Waals surface area contributed by atoms with Crippen molar-refractivity contribution in [1.29, 1.82) is 0 Å². The van der Waals surface area contributed by atoms with E-state index in [9.17, 15) is 9.59 Å². The summed E-state index contributed by atoms with van der Waals surface area (Å²) in [5.41, 5.74) is 0.789. The van der Waals surface area contributed by atoms with Crippen LogP contribution in [0.25, 0.3) is 0 Å². The molecule has 0 saturated carbocycles. The van der Waals surface area contributed by atoms with Crippen LogP contribution in [0.4, 0.5) is 5.69 Å². The number of benzene rings is 1. The highest BCUT2D eigenvalue weighted by Crippen LogP contribution is 2.22. The summed E-state index contributed by atoms with van der Waals surface area (Å²) in [5, 5.41) is 3.07. The third kappa shape index (κ3) is 4.85. The fraction of sp³-hybridized carbons (Fsp3) is 0.467. The summed E-state index contributed by atoms with van der Waals surface area (Å²) in [4.78, 5) is 23.4. The Morgan fingerprint density at radius 2 is 2.10 bits per heavy atom. The van der Waals surface area contributed by atoms with Gasteiger partial charge in [0.05, 0.1) is 17.7 Å². The Kier molecular flexibility index (Phi) is 6.52. The van der Waals surface area contributed by atoms with E-state index in [2.05, 4.69) is 17.0 Å². The van der Waals surface area contributed by atoms with Gasteiger partial charge in [-0.2, -0.15) is 0 Å². The first-order valence-electron chi connectivity index (χ1n) is 6.65. The van der Waals surface area contributed by atoms with Crippen molar-refractivity contribution in [2.24, 2.45) is 5.92 Å². The molecule has 110 valence electrons. The molecule has 0 saturated heterocycles. The number of nitrogens with one attached hydrogen (secondary N) is 1. The van der Waals surface area contributed by atoms with Crippen LogP contribution in [-0.4, -0.2) is 19.0 Å². The van der Waals surface area contributed by atoms with Crippen molar-refractivity contribution < 1.29 is 14.3 Å². The van der Waals surface area contributed by atoms with Crippen molar-refractivity contribution in [3.05, 3.63) is 28.8 Å². The highest BCUT2D eigenvalue weighted by molar-refractivity contribution is 6.33. The van der Waals surface area contributed by atoms with Crippen LogP contribution in [0.5, 0.6) is 0 Å². The number of carbonyl (C=O) groups is 2. The van der Waals surface area contributed by atoms with Gasteiger partial charge in [-0.25, -0.2) is 4.79 Å². The summed E-state index contributed by atoms with van der Waals surface area (Å²) in [6.07, 6.45) is 2.54. The van der Waals surface area contributed by atoms with Crippen molar-refractivity contribution in [2.75, 3.05) is 12.4 Å². The van der Waals surface area contributed by atoms with Gasteiger partial charge in [0, 0.05) is 12.1 Å². The molecule has 1 aromatic rings. The van der Waals surface area contributed by atoms with E-state index in [1.165, 1.54) is 13.2 Å². The molecule has 1 unspecified atom stereocenters. The summed E-state index contributed by atoms with van der Waals surface area (Å²) in [7, 11) is 1.29. The first-order valence-corrected chi connectivity index (χ1v) is 7.03. The Morgan fingerprint density at radius 1 is 1.40 bits per heavy atom. The summed E-state index contributed by atoms with van der Waals surface area (Å²) in [6.45, 7) is 4.14. The Balaban J connectivity index is 2.73. The van der Waals surface area contributed by atoms with Gasteiger partial charge in [-0.15, -0.1) is 0 Å². The number of amides is 1. The number of methoxy groups -OCH3 is 1. The average Bonchev–Trinajstić information content (AvgIpc) is 2.40. The standard InChI is InChI=1S/C15H20ClNO3/c1-4-5-10(2)8-14(18)17-11-6-7-13(16)12(9-11)15(19)20-3/h6-7,9-10H,4-5,8H2,1-3H3,(H,17,18). The van der Waals surface area contributed by atoms with Gasteiger partial charge >= 0.3 is 5.97 Å². The van der Waals surface area contributed by atoms with Crippen LogP contribution >= 0.6 is 11.6 Å². The van der Waals surface area contributed by atoms with Crippen molar-refractivity contribution in [2.45, 2.75) is 33.1 Å². The van der Waals surface area contributed by atoms with E-state index < -0.39 is 5.97 Å². The van der Waals surface area contributed by atoms with Gasteiger partial charge < -0.3 is 10.1 Å². The molecule has 0 aromatic heterocycles. The van der Waals surface area contributed by atoms with Gasteiger partial charge in [-0.3, -0.25) is 4.79 Å². The Hall–Kier alpha value is -1.55. The van der Waals surface area contributed by atoms with Crippen LogP contribution < -0.4 is 5.32 Å². The van der Waals surface area contributed by atoms with E-state index in [1.54, 1.807) is 12.1 Å². The molecule has 0 aliphatic carbocycles. The summed E-state index contributed by atoms with van der Waals surface area (Å²) in [5.74, 6) is -0.248. The molecule has 0 aliphatic heterocycles. The first-order chi connectivity index (χ1) is 9.47. The largest absolute Gasteiger partial charge is 0.465 e. The van der Waals surface area contributed by atoms with Crippen molar-refractivity contribution >= 4 is 29.2 Å². The highest BCUT2D eigenvalue weighted by atomic mass is 35.5. The lowest BCUT2D eigenvalue weighted by Crippen LogP contribution is -2.15. The van der Waals surface area contributed by atoms with E-state index in [0.29, 0.717) is 23.0 Å². The molecule has 5 heteroatoms. The molecule has 1 aromatic carbocycles. The van der Waals surface area contributed by atoms with Gasteiger partial charge in [-0.1, -0.05) is 38.3 Å². The zero-order valence-electron chi connectivity index (χ0n) is 12.0. The molecule has 0 heterocycles. The zero-order valence-corrected chi connectivity index (χ0v) is 12.8. The highest BCUT2D eigenvalue weighted by Gasteiger charge is 2.13. The third-order valence-electron chi connectivity index (χ3n) is 2.97. The molecule has 0 fully saturated rings. The monoisotopic (exact) mass is 297 g/mol. The molecule has 1 N–H and O–H groups in total. The minimum Gasteiger partial charge on any atom is -0.465 e. The number of anilines is 1. The molecule has 4 nitrogen and oxygen atoms in total. The predicted octanol–water partition coefficient (Wildman–Crippen LogP) is 3.89. The number of hydrogen-bond acceptors (Lipinski definition) is 3. The van der Waals surface area contributed by atoms with Crippen LogP contribution in [0.1, 0.15) is 43.5 Å². The van der Waals surface area contributed by atoms with E-state index in [0.717, 1.165) is 12.8 Å².